The number of hydrogen-bond donors (Lipinski definition) is 4. The average molecular weight is 1100 g/mol. The highest BCUT2D eigenvalue weighted by Gasteiger charge is 2.22. The summed E-state index contributed by atoms with van der Waals surface area (Å²) in [6.45, 7) is 9.78. The van der Waals surface area contributed by atoms with Gasteiger partial charge in [-0.15, -0.1) is 0 Å². The van der Waals surface area contributed by atoms with Gasteiger partial charge in [-0.1, -0.05) is 79.9 Å². The molecule has 0 radical (unpaired) electrons. The number of aromatic nitrogens is 3. The van der Waals surface area contributed by atoms with E-state index < -0.39 is 33.8 Å². The molecule has 0 unspecified atom stereocenters. The average Bonchev–Trinajstić information content (AvgIpc) is 3.52. The molecule has 80 heavy (non-hydrogen) atoms. The second-order valence-electron chi connectivity index (χ2n) is 19.4. The van der Waals surface area contributed by atoms with Crippen molar-refractivity contribution >= 4 is 28.0 Å². The zero-order chi connectivity index (χ0) is 57.3. The predicted octanol–water partition coefficient (Wildman–Crippen LogP) is 7.65. The van der Waals surface area contributed by atoms with Gasteiger partial charge in [0.25, 0.3) is 10.1 Å². The summed E-state index contributed by atoms with van der Waals surface area (Å²) in [4.78, 5) is 57.7. The number of aryl methyl sites for hydroxylation is 4. The van der Waals surface area contributed by atoms with Gasteiger partial charge in [-0.3, -0.25) is 19.3 Å². The fraction of sp³-hybridized carbons (Fsp3) is 0.323. The van der Waals surface area contributed by atoms with Gasteiger partial charge in [0, 0.05) is 92.3 Å². The summed E-state index contributed by atoms with van der Waals surface area (Å²) in [5.74, 6) is 16.0. The van der Waals surface area contributed by atoms with Crippen LogP contribution in [0.1, 0.15) is 131 Å². The molecule has 414 valence electrons. The summed E-state index contributed by atoms with van der Waals surface area (Å²) < 4.78 is 43.6. The van der Waals surface area contributed by atoms with Crippen molar-refractivity contribution in [2.24, 2.45) is 0 Å². The van der Waals surface area contributed by atoms with E-state index in [9.17, 15) is 42.7 Å². The maximum Gasteiger partial charge on any atom is 0.354 e. The summed E-state index contributed by atoms with van der Waals surface area (Å²) in [6, 6.07) is 26.4. The number of ether oxygens (including phenoxy) is 2. The maximum absolute atomic E-state index is 12.5. The number of benzene rings is 3. The molecule has 17 nitrogen and oxygen atoms in total. The van der Waals surface area contributed by atoms with Crippen molar-refractivity contribution in [2.45, 2.75) is 72.5 Å². The number of carboxylic acids is 3. The SMILES string of the molecule is CCCc1cc(C)ccc1C#Cc1cc(CN2CCN(Cc3cc(C#Cc4ccc(OC)cc4CCC)cc(C(=O)O)n3)CCN(Cc3cc(C#Cc4ccc(OC)cc4CCS(=O)(=O)O)cc(C(=O)O)n3)CC2)nc(C(=O)O)c1. The Morgan fingerprint density at radius 2 is 0.838 bits per heavy atom. The van der Waals surface area contributed by atoms with Gasteiger partial charge in [-0.2, -0.15) is 8.42 Å². The van der Waals surface area contributed by atoms with Crippen LogP contribution in [0.3, 0.4) is 0 Å². The predicted molar refractivity (Wildman–Crippen MR) is 303 cm³/mol. The Hall–Kier alpha value is -8.41. The van der Waals surface area contributed by atoms with Gasteiger partial charge in [0.05, 0.1) is 37.1 Å². The van der Waals surface area contributed by atoms with E-state index >= 15 is 0 Å². The van der Waals surface area contributed by atoms with Crippen LogP contribution in [0.15, 0.2) is 91.0 Å². The van der Waals surface area contributed by atoms with Gasteiger partial charge in [-0.05, 0) is 122 Å². The van der Waals surface area contributed by atoms with Crippen LogP contribution in [-0.2, 0) is 49.0 Å². The van der Waals surface area contributed by atoms with Crippen LogP contribution in [0, 0.1) is 42.4 Å². The van der Waals surface area contributed by atoms with Gasteiger partial charge in [-0.25, -0.2) is 29.3 Å². The lowest BCUT2D eigenvalue weighted by atomic mass is 10.0. The van der Waals surface area contributed by atoms with Crippen LogP contribution in [0.2, 0.25) is 0 Å². The summed E-state index contributed by atoms with van der Waals surface area (Å²) in [7, 11) is -1.20. The Morgan fingerprint density at radius 1 is 0.500 bits per heavy atom. The first-order chi connectivity index (χ1) is 38.4. The second-order valence-corrected chi connectivity index (χ2v) is 21.0. The van der Waals surface area contributed by atoms with Crippen LogP contribution in [0.4, 0.5) is 0 Å². The molecule has 0 saturated carbocycles. The molecule has 0 bridgehead atoms. The molecule has 1 fully saturated rings. The van der Waals surface area contributed by atoms with E-state index in [2.05, 4.69) is 85.1 Å². The van der Waals surface area contributed by atoms with Crippen molar-refractivity contribution in [2.75, 3.05) is 59.2 Å². The van der Waals surface area contributed by atoms with Gasteiger partial charge in [0.15, 0.2) is 0 Å². The number of rotatable bonds is 18. The number of carboxylic acid groups (broad SMARTS) is 3. The number of carbonyl (C=O) groups is 3. The van der Waals surface area contributed by atoms with E-state index in [0.29, 0.717) is 89.9 Å². The van der Waals surface area contributed by atoms with E-state index in [1.54, 1.807) is 37.4 Å². The molecule has 7 rings (SSSR count). The molecule has 1 saturated heterocycles. The number of methoxy groups -OCH3 is 2. The van der Waals surface area contributed by atoms with Crippen molar-refractivity contribution in [3.8, 4) is 47.0 Å². The van der Waals surface area contributed by atoms with Crippen LogP contribution in [0.25, 0.3) is 0 Å². The van der Waals surface area contributed by atoms with Gasteiger partial charge in [0.1, 0.15) is 28.6 Å². The van der Waals surface area contributed by atoms with Crippen LogP contribution in [0.5, 0.6) is 11.5 Å². The Balaban J connectivity index is 1.22. The third-order valence-electron chi connectivity index (χ3n) is 13.2. The molecule has 1 aliphatic rings. The number of nitrogens with zero attached hydrogens (tertiary/aromatic N) is 6. The quantitative estimate of drug-likeness (QED) is 0.0478. The maximum atomic E-state index is 12.5. The van der Waals surface area contributed by atoms with Gasteiger partial charge < -0.3 is 24.8 Å². The van der Waals surface area contributed by atoms with Gasteiger partial charge >= 0.3 is 17.9 Å². The second kappa shape index (κ2) is 28.0. The number of pyridine rings is 3. The zero-order valence-corrected chi connectivity index (χ0v) is 46.3. The van der Waals surface area contributed by atoms with Gasteiger partial charge in [0.2, 0.25) is 0 Å². The molecule has 3 aromatic heterocycles. The smallest absolute Gasteiger partial charge is 0.354 e. The van der Waals surface area contributed by atoms with Crippen LogP contribution in [-0.4, -0.2) is 135 Å². The van der Waals surface area contributed by atoms with E-state index in [1.807, 2.05) is 43.3 Å². The Labute approximate surface area is 467 Å². The first-order valence-electron chi connectivity index (χ1n) is 26.2. The molecule has 0 aliphatic carbocycles. The molecule has 0 spiro atoms. The lowest BCUT2D eigenvalue weighted by molar-refractivity contribution is 0.0679. The summed E-state index contributed by atoms with van der Waals surface area (Å²) in [5.41, 5.74) is 8.12. The third-order valence-corrected chi connectivity index (χ3v) is 13.9. The molecule has 6 aromatic rings. The molecule has 1 aliphatic heterocycles. The summed E-state index contributed by atoms with van der Waals surface area (Å²) in [6.07, 6.45) is 3.42. The lowest BCUT2D eigenvalue weighted by Gasteiger charge is -2.25. The summed E-state index contributed by atoms with van der Waals surface area (Å²) >= 11 is 0. The lowest BCUT2D eigenvalue weighted by Crippen LogP contribution is -2.36. The Morgan fingerprint density at radius 3 is 1.16 bits per heavy atom. The molecular weight excluding hydrogens is 1040 g/mol. The topological polar surface area (TPSA) is 233 Å². The fourth-order valence-corrected chi connectivity index (χ4v) is 9.67. The first kappa shape index (κ1) is 59.3. The third kappa shape index (κ3) is 17.5. The minimum absolute atomic E-state index is 0.0456. The highest BCUT2D eigenvalue weighted by atomic mass is 32.2. The number of hydrogen-bond acceptors (Lipinski definition) is 13. The highest BCUT2D eigenvalue weighted by molar-refractivity contribution is 7.85. The van der Waals surface area contributed by atoms with E-state index in [4.69, 9.17) is 9.47 Å². The van der Waals surface area contributed by atoms with E-state index in [1.165, 1.54) is 25.3 Å². The molecule has 4 heterocycles. The minimum atomic E-state index is -4.29. The molecule has 4 N–H and O–H groups in total. The van der Waals surface area contributed by atoms with E-state index in [-0.39, 0.29) is 43.1 Å². The minimum Gasteiger partial charge on any atom is -0.497 e. The summed E-state index contributed by atoms with van der Waals surface area (Å²) in [5, 5.41) is 30.7. The fourth-order valence-electron chi connectivity index (χ4n) is 9.20. The monoisotopic (exact) mass is 1100 g/mol. The van der Waals surface area contributed by atoms with Crippen molar-refractivity contribution in [1.82, 2.24) is 29.7 Å². The largest absolute Gasteiger partial charge is 0.497 e. The first-order valence-corrected chi connectivity index (χ1v) is 27.8. The van der Waals surface area contributed by atoms with Crippen molar-refractivity contribution in [3.63, 3.8) is 0 Å². The zero-order valence-electron chi connectivity index (χ0n) is 45.5. The standard InChI is InChI=1S/C62H64N6O11S/c1-6-8-49-30-42(3)10-14-46(49)15-11-43-31-52(63-57(34-43)60(69)70)39-66-23-25-67(40-53-32-44(35-58(64-53)61(71)72)12-16-47-18-20-55(78-4)37-50(47)9-7-2)26-28-68(27-24-66)41-54-33-45(36-59(65-54)62(73)74)13-17-48-19-21-56(79-5)38-51(48)22-29-80(75,76)77/h10,14,18-21,30-38H,6-9,22-29,39-41H2,1-5H3,(H,69,70)(H,71,72)(H,73,74)(H,75,76,77). The van der Waals surface area contributed by atoms with Crippen LogP contribution < -0.4 is 9.47 Å². The van der Waals surface area contributed by atoms with Crippen molar-refractivity contribution in [1.29, 1.82) is 0 Å². The normalized spacial score (nSPS) is 13.2. The van der Waals surface area contributed by atoms with Crippen molar-refractivity contribution < 1.29 is 52.1 Å². The molecule has 18 heteroatoms. The van der Waals surface area contributed by atoms with Crippen LogP contribution >= 0.6 is 0 Å². The number of aromatic carboxylic acids is 3. The Kier molecular flexibility index (Phi) is 20.7. The Bertz CT molecular complexity index is 3590. The van der Waals surface area contributed by atoms with Crippen molar-refractivity contribution in [3.05, 3.63) is 181 Å². The molecule has 3 aromatic carbocycles. The molecular formula is C62H64N6O11S. The molecule has 0 amide bonds. The molecule has 0 atom stereocenters. The van der Waals surface area contributed by atoms with E-state index in [0.717, 1.165) is 59.3 Å². The highest BCUT2D eigenvalue weighted by Crippen LogP contribution is 2.22.